The summed E-state index contributed by atoms with van der Waals surface area (Å²) < 4.78 is 1.000. The van der Waals surface area contributed by atoms with Crippen LogP contribution in [-0.2, 0) is 11.2 Å². The highest BCUT2D eigenvalue weighted by molar-refractivity contribution is 9.10. The van der Waals surface area contributed by atoms with Gasteiger partial charge in [-0.3, -0.25) is 4.79 Å². The average molecular weight is 431 g/mol. The number of carbonyl (C=O) groups is 1. The van der Waals surface area contributed by atoms with Gasteiger partial charge in [-0.2, -0.15) is 0 Å². The lowest BCUT2D eigenvalue weighted by Crippen LogP contribution is -1.99. The Kier molecular flexibility index (Phi) is 5.74. The highest BCUT2D eigenvalue weighted by atomic mass is 79.9. The Bertz CT molecular complexity index is 903. The molecular weight excluding hydrogens is 412 g/mol. The summed E-state index contributed by atoms with van der Waals surface area (Å²) in [6, 6.07) is 16.0. The van der Waals surface area contributed by atoms with E-state index in [4.69, 9.17) is 0 Å². The van der Waals surface area contributed by atoms with Crippen molar-refractivity contribution < 1.29 is 9.90 Å². The number of thiazole rings is 1. The second kappa shape index (κ2) is 8.01. The van der Waals surface area contributed by atoms with Crippen LogP contribution in [0.4, 0.5) is 10.8 Å². The maximum atomic E-state index is 11.3. The molecule has 1 heterocycles. The summed E-state index contributed by atoms with van der Waals surface area (Å²) >= 11 is 4.79. The number of nitrogens with one attached hydrogen (secondary N) is 1. The number of hydrogen-bond acceptors (Lipinski definition) is 4. The molecule has 0 aliphatic rings. The van der Waals surface area contributed by atoms with Gasteiger partial charge in [0, 0.05) is 20.6 Å². The molecule has 0 unspecified atom stereocenters. The van der Waals surface area contributed by atoms with Crippen molar-refractivity contribution in [3.05, 3.63) is 63.4 Å². The molecule has 0 fully saturated rings. The van der Waals surface area contributed by atoms with Crippen molar-refractivity contribution in [3.8, 4) is 11.3 Å². The first-order chi connectivity index (χ1) is 12.4. The third-order valence-electron chi connectivity index (χ3n) is 3.96. The van der Waals surface area contributed by atoms with Crippen LogP contribution >= 0.6 is 27.3 Å². The minimum absolute atomic E-state index is 0.0407. The van der Waals surface area contributed by atoms with E-state index in [0.717, 1.165) is 26.3 Å². The average Bonchev–Trinajstić information content (AvgIpc) is 2.98. The molecule has 0 bridgehead atoms. The summed E-state index contributed by atoms with van der Waals surface area (Å²) in [6.45, 7) is 4.29. The van der Waals surface area contributed by atoms with Crippen LogP contribution in [0.15, 0.2) is 53.0 Å². The van der Waals surface area contributed by atoms with Crippen molar-refractivity contribution in [2.45, 2.75) is 26.2 Å². The largest absolute Gasteiger partial charge is 0.481 e. The number of anilines is 2. The molecule has 0 radical (unpaired) electrons. The van der Waals surface area contributed by atoms with Crippen LogP contribution in [0, 0.1) is 0 Å². The minimum Gasteiger partial charge on any atom is -0.481 e. The van der Waals surface area contributed by atoms with E-state index in [-0.39, 0.29) is 6.42 Å². The second-order valence-electron chi connectivity index (χ2n) is 6.27. The van der Waals surface area contributed by atoms with Crippen molar-refractivity contribution >= 4 is 44.1 Å². The lowest BCUT2D eigenvalue weighted by Gasteiger charge is -2.06. The first-order valence-corrected chi connectivity index (χ1v) is 9.87. The first-order valence-electron chi connectivity index (χ1n) is 8.27. The number of rotatable bonds is 6. The van der Waals surface area contributed by atoms with Crippen molar-refractivity contribution in [2.75, 3.05) is 5.32 Å². The van der Waals surface area contributed by atoms with Gasteiger partial charge in [0.1, 0.15) is 0 Å². The number of aromatic nitrogens is 1. The van der Waals surface area contributed by atoms with Gasteiger partial charge in [0.25, 0.3) is 0 Å². The summed E-state index contributed by atoms with van der Waals surface area (Å²) in [5.74, 6) is -0.406. The quantitative estimate of drug-likeness (QED) is 0.498. The molecule has 1 aromatic heterocycles. The maximum absolute atomic E-state index is 11.3. The molecule has 3 rings (SSSR count). The maximum Gasteiger partial charge on any atom is 0.308 e. The van der Waals surface area contributed by atoms with Crippen LogP contribution in [0.3, 0.4) is 0 Å². The van der Waals surface area contributed by atoms with Crippen LogP contribution in [0.2, 0.25) is 0 Å². The molecule has 0 atom stereocenters. The first kappa shape index (κ1) is 18.6. The Morgan fingerprint density at radius 2 is 1.81 bits per heavy atom. The second-order valence-corrected chi connectivity index (χ2v) is 8.27. The van der Waals surface area contributed by atoms with Gasteiger partial charge >= 0.3 is 5.97 Å². The minimum atomic E-state index is -0.858. The molecule has 0 aliphatic carbocycles. The van der Waals surface area contributed by atoms with E-state index in [0.29, 0.717) is 11.0 Å². The molecule has 0 saturated carbocycles. The van der Waals surface area contributed by atoms with E-state index >= 15 is 0 Å². The number of carboxylic acids is 1. The summed E-state index contributed by atoms with van der Waals surface area (Å²) in [5, 5.41) is 13.2. The monoisotopic (exact) mass is 430 g/mol. The predicted molar refractivity (Wildman–Crippen MR) is 110 cm³/mol. The van der Waals surface area contributed by atoms with Gasteiger partial charge < -0.3 is 10.4 Å². The van der Waals surface area contributed by atoms with Crippen molar-refractivity contribution in [1.29, 1.82) is 0 Å². The summed E-state index contributed by atoms with van der Waals surface area (Å²) in [6.07, 6.45) is -0.0407. The normalized spacial score (nSPS) is 10.9. The molecule has 0 aliphatic heterocycles. The summed E-state index contributed by atoms with van der Waals surface area (Å²) in [4.78, 5) is 16.7. The number of nitrogens with zero attached hydrogens (tertiary/aromatic N) is 1. The Labute approximate surface area is 165 Å². The fraction of sp³-hybridized carbons (Fsp3) is 0.200. The van der Waals surface area contributed by atoms with Crippen LogP contribution in [0.25, 0.3) is 11.3 Å². The molecule has 3 aromatic rings. The summed E-state index contributed by atoms with van der Waals surface area (Å²) in [7, 11) is 0. The van der Waals surface area contributed by atoms with Gasteiger partial charge in [-0.25, -0.2) is 4.98 Å². The van der Waals surface area contributed by atoms with Crippen LogP contribution in [-0.4, -0.2) is 16.1 Å². The van der Waals surface area contributed by atoms with E-state index in [1.165, 1.54) is 16.9 Å². The van der Waals surface area contributed by atoms with Crippen molar-refractivity contribution in [1.82, 2.24) is 4.98 Å². The van der Waals surface area contributed by atoms with E-state index in [2.05, 4.69) is 52.2 Å². The fourth-order valence-electron chi connectivity index (χ4n) is 2.57. The zero-order valence-electron chi connectivity index (χ0n) is 14.5. The molecule has 6 heteroatoms. The fourth-order valence-corrected chi connectivity index (χ4v) is 3.83. The lowest BCUT2D eigenvalue weighted by molar-refractivity contribution is -0.136. The number of halogens is 1. The van der Waals surface area contributed by atoms with E-state index in [1.807, 2.05) is 36.4 Å². The molecule has 134 valence electrons. The highest BCUT2D eigenvalue weighted by Gasteiger charge is 2.16. The Morgan fingerprint density at radius 3 is 2.38 bits per heavy atom. The predicted octanol–water partition coefficient (Wildman–Crippen LogP) is 6.07. The van der Waals surface area contributed by atoms with Gasteiger partial charge in [0.15, 0.2) is 5.13 Å². The zero-order chi connectivity index (χ0) is 18.7. The molecule has 4 nitrogen and oxygen atoms in total. The Balaban J connectivity index is 1.93. The number of hydrogen-bond donors (Lipinski definition) is 2. The smallest absolute Gasteiger partial charge is 0.308 e. The molecule has 0 amide bonds. The van der Waals surface area contributed by atoms with Gasteiger partial charge in [0.05, 0.1) is 12.1 Å². The zero-order valence-corrected chi connectivity index (χ0v) is 16.9. The third kappa shape index (κ3) is 4.51. The van der Waals surface area contributed by atoms with Crippen LogP contribution in [0.5, 0.6) is 0 Å². The topological polar surface area (TPSA) is 62.2 Å². The standard InChI is InChI=1S/C20H19BrN2O2S/c1-12(2)13-3-5-14(6-4-13)19-17(11-18(24)25)26-20(23-19)22-16-9-7-15(21)8-10-16/h3-10,12H,11H2,1-2H3,(H,22,23)(H,24,25). The SMILES string of the molecule is CC(C)c1ccc(-c2nc(Nc3ccc(Br)cc3)sc2CC(=O)O)cc1. The Morgan fingerprint density at radius 1 is 1.15 bits per heavy atom. The summed E-state index contributed by atoms with van der Waals surface area (Å²) in [5.41, 5.74) is 3.82. The molecule has 2 N–H and O–H groups in total. The van der Waals surface area contributed by atoms with Crippen molar-refractivity contribution in [3.63, 3.8) is 0 Å². The molecule has 26 heavy (non-hydrogen) atoms. The molecular formula is C20H19BrN2O2S. The number of carboxylic acid groups (broad SMARTS) is 1. The molecule has 0 spiro atoms. The van der Waals surface area contributed by atoms with Crippen molar-refractivity contribution in [2.24, 2.45) is 0 Å². The third-order valence-corrected chi connectivity index (χ3v) is 5.45. The van der Waals surface area contributed by atoms with Crippen LogP contribution < -0.4 is 5.32 Å². The Hall–Kier alpha value is -2.18. The lowest BCUT2D eigenvalue weighted by atomic mass is 10.0. The number of aliphatic carboxylic acids is 1. The van der Waals surface area contributed by atoms with E-state index in [9.17, 15) is 9.90 Å². The molecule has 2 aromatic carbocycles. The van der Waals surface area contributed by atoms with Gasteiger partial charge in [-0.15, -0.1) is 11.3 Å². The van der Waals surface area contributed by atoms with Crippen LogP contribution in [0.1, 0.15) is 30.2 Å². The highest BCUT2D eigenvalue weighted by Crippen LogP contribution is 2.34. The molecule has 0 saturated heterocycles. The van der Waals surface area contributed by atoms with Gasteiger partial charge in [0.2, 0.25) is 0 Å². The van der Waals surface area contributed by atoms with Gasteiger partial charge in [-0.05, 0) is 35.7 Å². The van der Waals surface area contributed by atoms with E-state index < -0.39 is 5.97 Å². The van der Waals surface area contributed by atoms with E-state index in [1.54, 1.807) is 0 Å². The number of benzene rings is 2. The van der Waals surface area contributed by atoms with Gasteiger partial charge in [-0.1, -0.05) is 54.0 Å².